The Morgan fingerprint density at radius 2 is 1.19 bits per heavy atom. The molecule has 0 N–H and O–H groups in total. The predicted molar refractivity (Wildman–Crippen MR) is 193 cm³/mol. The van der Waals surface area contributed by atoms with Crippen LogP contribution in [0.1, 0.15) is 35.3 Å². The van der Waals surface area contributed by atoms with Crippen molar-refractivity contribution in [2.75, 3.05) is 0 Å². The molecule has 0 radical (unpaired) electrons. The Kier molecular flexibility index (Phi) is 6.01. The van der Waals surface area contributed by atoms with E-state index in [4.69, 9.17) is 19.4 Å². The van der Waals surface area contributed by atoms with Crippen LogP contribution in [-0.4, -0.2) is 15.0 Å². The van der Waals surface area contributed by atoms with E-state index in [-0.39, 0.29) is 11.8 Å². The van der Waals surface area contributed by atoms with Crippen LogP contribution in [0, 0.1) is 17.8 Å². The summed E-state index contributed by atoms with van der Waals surface area (Å²) >= 11 is 0. The van der Waals surface area contributed by atoms with E-state index in [2.05, 4.69) is 85.9 Å². The number of fused-ring (bicyclic) bond motifs is 6. The lowest BCUT2D eigenvalue weighted by atomic mass is 9.66. The second-order valence-corrected chi connectivity index (χ2v) is 13.1. The van der Waals surface area contributed by atoms with Gasteiger partial charge in [-0.25, -0.2) is 15.0 Å². The van der Waals surface area contributed by atoms with Crippen molar-refractivity contribution in [1.29, 1.82) is 0 Å². The van der Waals surface area contributed by atoms with Crippen LogP contribution in [0.4, 0.5) is 0 Å². The molecule has 4 aliphatic carbocycles. The van der Waals surface area contributed by atoms with Crippen LogP contribution in [0.5, 0.6) is 0 Å². The maximum Gasteiger partial charge on any atom is 0.164 e. The van der Waals surface area contributed by atoms with Crippen LogP contribution in [0.3, 0.4) is 0 Å². The molecule has 0 amide bonds. The van der Waals surface area contributed by atoms with Crippen molar-refractivity contribution < 1.29 is 4.42 Å². The molecule has 2 heterocycles. The number of benzene rings is 4. The molecule has 0 spiro atoms. The van der Waals surface area contributed by atoms with E-state index in [0.717, 1.165) is 33.4 Å². The van der Waals surface area contributed by atoms with Crippen molar-refractivity contribution in [3.05, 3.63) is 168 Å². The van der Waals surface area contributed by atoms with Gasteiger partial charge in [0.15, 0.2) is 17.5 Å². The number of nitrogens with zero attached hydrogens (tertiary/aromatic N) is 3. The van der Waals surface area contributed by atoms with E-state index in [0.29, 0.717) is 29.3 Å². The third kappa shape index (κ3) is 4.05. The standard InChI is InChI=1S/C44H31N3O/c1-26-29(32-22-23-35-31-17-9-8-16-30(31)33-18-10-19-34(32)40(33)35)24-25-38-39(26)41-36(20-11-21-37(41)48-38)44-46-42(27-12-4-2-5-13-27)45-43(47-44)28-14-6-3-7-15-28/h2-26,29,34,40H,1H3. The lowest BCUT2D eigenvalue weighted by Gasteiger charge is -2.37. The van der Waals surface area contributed by atoms with Crippen molar-refractivity contribution in [1.82, 2.24) is 15.0 Å². The van der Waals surface area contributed by atoms with Crippen LogP contribution < -0.4 is 0 Å². The van der Waals surface area contributed by atoms with Crippen LogP contribution in [0.25, 0.3) is 62.4 Å². The fourth-order valence-electron chi connectivity index (χ4n) is 8.41. The SMILES string of the molecule is CC1c2c(oc3cccc(-c4nc(-c5ccccc5)nc(-c5ccccc5)n4)c23)C=CC1C1=CC=C2c3ccccc3C3=CC=CC1C32. The maximum atomic E-state index is 6.57. The second-order valence-electron chi connectivity index (χ2n) is 13.1. The summed E-state index contributed by atoms with van der Waals surface area (Å²) in [4.78, 5) is 15.1. The Morgan fingerprint density at radius 3 is 1.90 bits per heavy atom. The summed E-state index contributed by atoms with van der Waals surface area (Å²) in [6.07, 6.45) is 16.3. The largest absolute Gasteiger partial charge is 0.456 e. The van der Waals surface area contributed by atoms with Crippen LogP contribution in [0.2, 0.25) is 0 Å². The van der Waals surface area contributed by atoms with Crippen LogP contribution in [0.15, 0.2) is 150 Å². The molecular weight excluding hydrogens is 587 g/mol. The molecule has 0 fully saturated rings. The number of allylic oxidation sites excluding steroid dienone is 9. The number of hydrogen-bond acceptors (Lipinski definition) is 4. The van der Waals surface area contributed by atoms with Gasteiger partial charge in [-0.1, -0.05) is 146 Å². The molecule has 10 rings (SSSR count). The first-order valence-electron chi connectivity index (χ1n) is 16.7. The summed E-state index contributed by atoms with van der Waals surface area (Å²) in [6.45, 7) is 2.35. The maximum absolute atomic E-state index is 6.57. The van der Waals surface area contributed by atoms with Gasteiger partial charge in [-0.15, -0.1) is 0 Å². The van der Waals surface area contributed by atoms with Crippen LogP contribution >= 0.6 is 0 Å². The van der Waals surface area contributed by atoms with Crippen molar-refractivity contribution >= 4 is 28.2 Å². The summed E-state index contributed by atoms with van der Waals surface area (Å²) in [5.74, 6) is 3.96. The molecule has 0 saturated heterocycles. The number of rotatable bonds is 4. The van der Waals surface area contributed by atoms with E-state index in [1.807, 2.05) is 66.7 Å². The molecule has 4 atom stereocenters. The lowest BCUT2D eigenvalue weighted by molar-refractivity contribution is 0.509. The minimum absolute atomic E-state index is 0.184. The molecule has 2 aromatic heterocycles. The molecular formula is C44H31N3O. The van der Waals surface area contributed by atoms with Gasteiger partial charge in [0.1, 0.15) is 11.3 Å². The van der Waals surface area contributed by atoms with E-state index in [1.54, 1.807) is 0 Å². The number of furan rings is 1. The topological polar surface area (TPSA) is 51.8 Å². The minimum Gasteiger partial charge on any atom is -0.456 e. The second kappa shape index (κ2) is 10.6. The monoisotopic (exact) mass is 617 g/mol. The van der Waals surface area contributed by atoms with Gasteiger partial charge in [0.05, 0.1) is 0 Å². The first-order chi connectivity index (χ1) is 23.7. The molecule has 48 heavy (non-hydrogen) atoms. The highest BCUT2D eigenvalue weighted by molar-refractivity contribution is 5.99. The van der Waals surface area contributed by atoms with Gasteiger partial charge in [0.2, 0.25) is 0 Å². The zero-order valence-electron chi connectivity index (χ0n) is 26.4. The van der Waals surface area contributed by atoms with Gasteiger partial charge in [-0.3, -0.25) is 0 Å². The summed E-state index contributed by atoms with van der Waals surface area (Å²) in [5, 5.41) is 1.08. The Bertz CT molecular complexity index is 2370. The summed E-state index contributed by atoms with van der Waals surface area (Å²) < 4.78 is 6.57. The Morgan fingerprint density at radius 1 is 0.562 bits per heavy atom. The summed E-state index contributed by atoms with van der Waals surface area (Å²) in [6, 6.07) is 35.4. The average Bonchev–Trinajstić information content (AvgIpc) is 3.70. The summed E-state index contributed by atoms with van der Waals surface area (Å²) in [7, 11) is 0. The van der Waals surface area contributed by atoms with Crippen molar-refractivity contribution in [3.8, 4) is 34.2 Å². The highest BCUT2D eigenvalue weighted by Crippen LogP contribution is 2.57. The van der Waals surface area contributed by atoms with Crippen LogP contribution in [-0.2, 0) is 0 Å². The van der Waals surface area contributed by atoms with Crippen molar-refractivity contribution in [2.24, 2.45) is 17.8 Å². The average molecular weight is 618 g/mol. The van der Waals surface area contributed by atoms with Gasteiger partial charge >= 0.3 is 0 Å². The molecule has 0 saturated carbocycles. The minimum atomic E-state index is 0.184. The third-order valence-corrected chi connectivity index (χ3v) is 10.6. The molecule has 0 bridgehead atoms. The Labute approximate surface area is 279 Å². The molecule has 4 nitrogen and oxygen atoms in total. The Balaban J connectivity index is 1.11. The lowest BCUT2D eigenvalue weighted by Crippen LogP contribution is -2.26. The molecule has 4 unspecified atom stereocenters. The molecule has 4 aromatic carbocycles. The molecule has 0 aliphatic heterocycles. The van der Waals surface area contributed by atoms with Gasteiger partial charge in [-0.05, 0) is 40.3 Å². The van der Waals surface area contributed by atoms with E-state index < -0.39 is 0 Å². The number of aromatic nitrogens is 3. The molecule has 4 heteroatoms. The fourth-order valence-corrected chi connectivity index (χ4v) is 8.41. The first-order valence-corrected chi connectivity index (χ1v) is 16.7. The third-order valence-electron chi connectivity index (χ3n) is 10.6. The van der Waals surface area contributed by atoms with E-state index >= 15 is 0 Å². The summed E-state index contributed by atoms with van der Waals surface area (Å²) in [5.41, 5.74) is 12.0. The number of hydrogen-bond donors (Lipinski definition) is 0. The van der Waals surface area contributed by atoms with Gasteiger partial charge in [0.25, 0.3) is 0 Å². The zero-order chi connectivity index (χ0) is 31.8. The van der Waals surface area contributed by atoms with Crippen molar-refractivity contribution in [2.45, 2.75) is 12.8 Å². The molecule has 228 valence electrons. The molecule has 6 aromatic rings. The van der Waals surface area contributed by atoms with E-state index in [1.165, 1.54) is 33.4 Å². The van der Waals surface area contributed by atoms with Gasteiger partial charge in [0, 0.05) is 45.4 Å². The first kappa shape index (κ1) is 27.3. The highest BCUT2D eigenvalue weighted by Gasteiger charge is 2.43. The van der Waals surface area contributed by atoms with E-state index in [9.17, 15) is 0 Å². The Hall–Kier alpha value is -5.87. The van der Waals surface area contributed by atoms with Crippen molar-refractivity contribution in [3.63, 3.8) is 0 Å². The molecule has 4 aliphatic rings. The highest BCUT2D eigenvalue weighted by atomic mass is 16.3. The fraction of sp³-hybridized carbons (Fsp3) is 0.114. The quantitative estimate of drug-likeness (QED) is 0.197. The smallest absolute Gasteiger partial charge is 0.164 e. The normalized spacial score (nSPS) is 21.6. The predicted octanol–water partition coefficient (Wildman–Crippen LogP) is 10.6. The zero-order valence-corrected chi connectivity index (χ0v) is 26.4. The van der Waals surface area contributed by atoms with Gasteiger partial charge < -0.3 is 4.42 Å². The van der Waals surface area contributed by atoms with Gasteiger partial charge in [-0.2, -0.15) is 0 Å².